The summed E-state index contributed by atoms with van der Waals surface area (Å²) >= 11 is 5.80. The molecule has 122 valence electrons. The van der Waals surface area contributed by atoms with Crippen molar-refractivity contribution < 1.29 is 17.6 Å². The van der Waals surface area contributed by atoms with Crippen LogP contribution in [0.15, 0.2) is 47.6 Å². The number of carbonyl (C=O) groups excluding carboxylic acids is 1. The third-order valence-corrected chi connectivity index (χ3v) is 5.06. The van der Waals surface area contributed by atoms with E-state index in [1.807, 2.05) is 0 Å². The fourth-order valence-electron chi connectivity index (χ4n) is 1.96. The molecule has 0 bridgehead atoms. The second-order valence-electron chi connectivity index (χ2n) is 4.89. The number of sulfone groups is 1. The van der Waals surface area contributed by atoms with Crippen molar-refractivity contribution in [3.8, 4) is 0 Å². The standard InChI is InChI=1S/C15H14ClFN2O3S/c1-10(11-4-6-12(17)7-5-11)19-14(20)9-23(21,22)15-13(16)3-2-8-18-15/h2-8,10H,9H2,1H3,(H,19,20)/t10-/m0/s1. The maximum absolute atomic E-state index is 12.9. The lowest BCUT2D eigenvalue weighted by molar-refractivity contribution is -0.119. The van der Waals surface area contributed by atoms with Crippen molar-refractivity contribution in [2.45, 2.75) is 18.0 Å². The lowest BCUT2D eigenvalue weighted by Crippen LogP contribution is -2.32. The van der Waals surface area contributed by atoms with E-state index in [0.29, 0.717) is 5.56 Å². The number of nitrogens with one attached hydrogen (secondary N) is 1. The Morgan fingerprint density at radius 2 is 1.96 bits per heavy atom. The van der Waals surface area contributed by atoms with E-state index in [0.717, 1.165) is 0 Å². The number of hydrogen-bond acceptors (Lipinski definition) is 4. The summed E-state index contributed by atoms with van der Waals surface area (Å²) in [5, 5.41) is 2.19. The average Bonchev–Trinajstić information content (AvgIpc) is 2.47. The zero-order valence-electron chi connectivity index (χ0n) is 12.2. The van der Waals surface area contributed by atoms with Crippen molar-refractivity contribution in [1.29, 1.82) is 0 Å². The van der Waals surface area contributed by atoms with Crippen molar-refractivity contribution >= 4 is 27.3 Å². The van der Waals surface area contributed by atoms with Crippen molar-refractivity contribution in [2.24, 2.45) is 0 Å². The molecule has 0 aliphatic heterocycles. The number of benzene rings is 1. The third-order valence-electron chi connectivity index (χ3n) is 3.09. The van der Waals surface area contributed by atoms with Gasteiger partial charge in [-0.1, -0.05) is 23.7 Å². The van der Waals surface area contributed by atoms with Crippen LogP contribution in [0.25, 0.3) is 0 Å². The van der Waals surface area contributed by atoms with Crippen LogP contribution in [0, 0.1) is 5.82 Å². The van der Waals surface area contributed by atoms with E-state index in [1.54, 1.807) is 6.92 Å². The van der Waals surface area contributed by atoms with Gasteiger partial charge in [-0.05, 0) is 36.8 Å². The summed E-state index contributed by atoms with van der Waals surface area (Å²) in [5.41, 5.74) is 0.660. The number of hydrogen-bond donors (Lipinski definition) is 1. The molecule has 1 N–H and O–H groups in total. The van der Waals surface area contributed by atoms with Crippen LogP contribution in [0.2, 0.25) is 5.02 Å². The molecule has 5 nitrogen and oxygen atoms in total. The number of nitrogens with zero attached hydrogens (tertiary/aromatic N) is 1. The Bertz CT molecular complexity index is 810. The molecular formula is C15H14ClFN2O3S. The van der Waals surface area contributed by atoms with Gasteiger partial charge in [0.1, 0.15) is 11.6 Å². The molecule has 0 aliphatic carbocycles. The smallest absolute Gasteiger partial charge is 0.236 e. The first kappa shape index (κ1) is 17.4. The summed E-state index contributed by atoms with van der Waals surface area (Å²) in [6.07, 6.45) is 1.29. The van der Waals surface area contributed by atoms with Gasteiger partial charge in [0, 0.05) is 6.20 Å². The van der Waals surface area contributed by atoms with Gasteiger partial charge in [0.2, 0.25) is 15.7 Å². The SMILES string of the molecule is C[C@H](NC(=O)CS(=O)(=O)c1ncccc1Cl)c1ccc(F)cc1. The minimum absolute atomic E-state index is 0.0353. The number of aromatic nitrogens is 1. The molecular weight excluding hydrogens is 343 g/mol. The molecule has 23 heavy (non-hydrogen) atoms. The van der Waals surface area contributed by atoms with Gasteiger partial charge in [0.15, 0.2) is 5.03 Å². The Hall–Kier alpha value is -1.99. The predicted molar refractivity (Wildman–Crippen MR) is 84.3 cm³/mol. The van der Waals surface area contributed by atoms with Crippen molar-refractivity contribution in [3.05, 3.63) is 59.0 Å². The fourth-order valence-corrected chi connectivity index (χ4v) is 3.58. The molecule has 0 saturated heterocycles. The molecule has 0 spiro atoms. The molecule has 1 aromatic heterocycles. The normalized spacial score (nSPS) is 12.7. The Kier molecular flexibility index (Phi) is 5.33. The molecule has 0 aliphatic rings. The van der Waals surface area contributed by atoms with Gasteiger partial charge in [0.05, 0.1) is 11.1 Å². The van der Waals surface area contributed by atoms with E-state index in [9.17, 15) is 17.6 Å². The second kappa shape index (κ2) is 7.06. The topological polar surface area (TPSA) is 76.1 Å². The van der Waals surface area contributed by atoms with Crippen LogP contribution in [-0.4, -0.2) is 25.1 Å². The van der Waals surface area contributed by atoms with E-state index in [4.69, 9.17) is 11.6 Å². The second-order valence-corrected chi connectivity index (χ2v) is 7.20. The Morgan fingerprint density at radius 1 is 1.30 bits per heavy atom. The summed E-state index contributed by atoms with van der Waals surface area (Å²) in [4.78, 5) is 15.7. The summed E-state index contributed by atoms with van der Waals surface area (Å²) in [6.45, 7) is 1.67. The average molecular weight is 357 g/mol. The van der Waals surface area contributed by atoms with E-state index in [-0.39, 0.29) is 15.9 Å². The van der Waals surface area contributed by atoms with Gasteiger partial charge in [-0.2, -0.15) is 0 Å². The van der Waals surface area contributed by atoms with Gasteiger partial charge in [-0.3, -0.25) is 4.79 Å². The highest BCUT2D eigenvalue weighted by molar-refractivity contribution is 7.92. The quantitative estimate of drug-likeness (QED) is 0.893. The summed E-state index contributed by atoms with van der Waals surface area (Å²) in [7, 11) is -3.94. The van der Waals surface area contributed by atoms with Gasteiger partial charge in [-0.25, -0.2) is 17.8 Å². The molecule has 0 saturated carbocycles. The highest BCUT2D eigenvalue weighted by Crippen LogP contribution is 2.19. The molecule has 1 amide bonds. The largest absolute Gasteiger partial charge is 0.349 e. The lowest BCUT2D eigenvalue weighted by Gasteiger charge is -2.14. The highest BCUT2D eigenvalue weighted by atomic mass is 35.5. The maximum atomic E-state index is 12.9. The maximum Gasteiger partial charge on any atom is 0.236 e. The van der Waals surface area contributed by atoms with Gasteiger partial charge >= 0.3 is 0 Å². The van der Waals surface area contributed by atoms with Gasteiger partial charge in [-0.15, -0.1) is 0 Å². The minimum Gasteiger partial charge on any atom is -0.349 e. The Labute approximate surface area is 138 Å². The summed E-state index contributed by atoms with van der Waals surface area (Å²) < 4.78 is 37.2. The molecule has 0 fully saturated rings. The van der Waals surface area contributed by atoms with Crippen LogP contribution >= 0.6 is 11.6 Å². The monoisotopic (exact) mass is 356 g/mol. The Morgan fingerprint density at radius 3 is 2.57 bits per heavy atom. The molecule has 1 atom stereocenters. The number of carbonyl (C=O) groups is 1. The molecule has 0 radical (unpaired) electrons. The number of halogens is 2. The predicted octanol–water partition coefficient (Wildman–Crippen LogP) is 2.53. The van der Waals surface area contributed by atoms with E-state index < -0.39 is 27.5 Å². The molecule has 1 heterocycles. The molecule has 2 aromatic rings. The molecule has 2 rings (SSSR count). The third kappa shape index (κ3) is 4.49. The fraction of sp³-hybridized carbons (Fsp3) is 0.200. The van der Waals surface area contributed by atoms with Crippen LogP contribution in [0.1, 0.15) is 18.5 Å². The minimum atomic E-state index is -3.94. The molecule has 0 unspecified atom stereocenters. The van der Waals surface area contributed by atoms with Crippen LogP contribution in [0.4, 0.5) is 4.39 Å². The van der Waals surface area contributed by atoms with E-state index in [1.165, 1.54) is 42.6 Å². The van der Waals surface area contributed by atoms with E-state index in [2.05, 4.69) is 10.3 Å². The van der Waals surface area contributed by atoms with Gasteiger partial charge in [0.25, 0.3) is 0 Å². The number of pyridine rings is 1. The summed E-state index contributed by atoms with van der Waals surface area (Å²) in [6, 6.07) is 8.00. The van der Waals surface area contributed by atoms with Crippen LogP contribution in [0.5, 0.6) is 0 Å². The first-order valence-electron chi connectivity index (χ1n) is 6.67. The highest BCUT2D eigenvalue weighted by Gasteiger charge is 2.24. The van der Waals surface area contributed by atoms with E-state index >= 15 is 0 Å². The number of amides is 1. The zero-order chi connectivity index (χ0) is 17.0. The van der Waals surface area contributed by atoms with Crippen molar-refractivity contribution in [1.82, 2.24) is 10.3 Å². The zero-order valence-corrected chi connectivity index (χ0v) is 13.7. The number of rotatable bonds is 5. The van der Waals surface area contributed by atoms with Crippen LogP contribution < -0.4 is 5.32 Å². The first-order valence-corrected chi connectivity index (χ1v) is 8.71. The first-order chi connectivity index (χ1) is 10.8. The van der Waals surface area contributed by atoms with Crippen molar-refractivity contribution in [3.63, 3.8) is 0 Å². The Balaban J connectivity index is 2.07. The van der Waals surface area contributed by atoms with Crippen LogP contribution in [-0.2, 0) is 14.6 Å². The van der Waals surface area contributed by atoms with Crippen LogP contribution in [0.3, 0.4) is 0 Å². The molecule has 1 aromatic carbocycles. The molecule has 8 heteroatoms. The summed E-state index contributed by atoms with van der Waals surface area (Å²) in [5.74, 6) is -1.85. The lowest BCUT2D eigenvalue weighted by atomic mass is 10.1. The van der Waals surface area contributed by atoms with Gasteiger partial charge < -0.3 is 5.32 Å². The van der Waals surface area contributed by atoms with Crippen molar-refractivity contribution in [2.75, 3.05) is 5.75 Å².